The fourth-order valence-electron chi connectivity index (χ4n) is 2.53. The van der Waals surface area contributed by atoms with Gasteiger partial charge in [-0.25, -0.2) is 0 Å². The Morgan fingerprint density at radius 2 is 2.05 bits per heavy atom. The van der Waals surface area contributed by atoms with E-state index in [4.69, 9.17) is 4.42 Å². The van der Waals surface area contributed by atoms with Crippen molar-refractivity contribution in [2.24, 2.45) is 0 Å². The third kappa shape index (κ3) is 1.57. The first-order valence-corrected chi connectivity index (χ1v) is 7.54. The molecule has 5 rings (SSSR count). The van der Waals surface area contributed by atoms with Gasteiger partial charge in [-0.1, -0.05) is 29.5 Å². The topological polar surface area (TPSA) is 72.0 Å². The summed E-state index contributed by atoms with van der Waals surface area (Å²) in [6, 6.07) is 11.8. The normalized spacial score (nSPS) is 11.6. The Labute approximate surface area is 128 Å². The maximum absolute atomic E-state index is 5.39. The predicted molar refractivity (Wildman–Crippen MR) is 83.7 cm³/mol. The Bertz CT molecular complexity index is 1090. The Kier molecular flexibility index (Phi) is 2.28. The summed E-state index contributed by atoms with van der Waals surface area (Å²) in [5.74, 6) is 1.27. The number of H-pyrrole nitrogens is 1. The predicted octanol–water partition coefficient (Wildman–Crippen LogP) is 3.59. The largest absolute Gasteiger partial charge is 0.461 e. The van der Waals surface area contributed by atoms with E-state index < -0.39 is 0 Å². The Morgan fingerprint density at radius 3 is 2.95 bits per heavy atom. The Hall–Kier alpha value is -2.93. The summed E-state index contributed by atoms with van der Waals surface area (Å²) in [5.41, 5.74) is 2.16. The molecule has 0 amide bonds. The minimum absolute atomic E-state index is 0.613. The first-order chi connectivity index (χ1) is 10.9. The highest BCUT2D eigenvalue weighted by Gasteiger charge is 2.17. The van der Waals surface area contributed by atoms with E-state index in [1.165, 1.54) is 11.3 Å². The van der Waals surface area contributed by atoms with Crippen LogP contribution in [0.15, 0.2) is 53.3 Å². The summed E-state index contributed by atoms with van der Waals surface area (Å²) in [7, 11) is 0. The van der Waals surface area contributed by atoms with Gasteiger partial charge in [-0.05, 0) is 18.2 Å². The molecule has 4 heterocycles. The van der Waals surface area contributed by atoms with Crippen LogP contribution in [0.4, 0.5) is 0 Å². The van der Waals surface area contributed by atoms with Gasteiger partial charge in [-0.2, -0.15) is 9.61 Å². The van der Waals surface area contributed by atoms with Gasteiger partial charge in [0, 0.05) is 22.7 Å². The molecule has 22 heavy (non-hydrogen) atoms. The van der Waals surface area contributed by atoms with Crippen LogP contribution >= 0.6 is 11.3 Å². The first-order valence-electron chi connectivity index (χ1n) is 6.73. The zero-order valence-electron chi connectivity index (χ0n) is 11.2. The van der Waals surface area contributed by atoms with E-state index in [1.807, 2.05) is 36.5 Å². The van der Waals surface area contributed by atoms with Crippen molar-refractivity contribution in [3.63, 3.8) is 0 Å². The first kappa shape index (κ1) is 11.7. The summed E-state index contributed by atoms with van der Waals surface area (Å²) in [6.07, 6.45) is 3.59. The third-order valence-electron chi connectivity index (χ3n) is 3.55. The van der Waals surface area contributed by atoms with Crippen molar-refractivity contribution < 1.29 is 4.42 Å². The molecular formula is C15H9N5OS. The fourth-order valence-corrected chi connectivity index (χ4v) is 3.40. The lowest BCUT2D eigenvalue weighted by Crippen LogP contribution is -1.89. The molecule has 1 N–H and O–H groups in total. The molecule has 0 aliphatic rings. The zero-order valence-corrected chi connectivity index (χ0v) is 12.0. The van der Waals surface area contributed by atoms with Crippen molar-refractivity contribution in [1.82, 2.24) is 24.8 Å². The molecular weight excluding hydrogens is 298 g/mol. The number of aromatic nitrogens is 5. The van der Waals surface area contributed by atoms with Gasteiger partial charge in [-0.3, -0.25) is 0 Å². The van der Waals surface area contributed by atoms with Crippen molar-refractivity contribution in [1.29, 1.82) is 0 Å². The summed E-state index contributed by atoms with van der Waals surface area (Å²) in [6.45, 7) is 0. The Balaban J connectivity index is 1.73. The quantitative estimate of drug-likeness (QED) is 0.541. The smallest absolute Gasteiger partial charge is 0.235 e. The molecule has 0 spiro atoms. The van der Waals surface area contributed by atoms with Gasteiger partial charge < -0.3 is 9.40 Å². The van der Waals surface area contributed by atoms with Crippen molar-refractivity contribution in [3.8, 4) is 22.2 Å². The van der Waals surface area contributed by atoms with Crippen LogP contribution in [0.1, 0.15) is 0 Å². The average Bonchev–Trinajstić information content (AvgIpc) is 3.29. The number of nitrogens with zero attached hydrogens (tertiary/aromatic N) is 4. The highest BCUT2D eigenvalue weighted by atomic mass is 32.1. The Morgan fingerprint density at radius 1 is 1.09 bits per heavy atom. The molecule has 1 aromatic carbocycles. The van der Waals surface area contributed by atoms with E-state index >= 15 is 0 Å². The number of aromatic amines is 1. The lowest BCUT2D eigenvalue weighted by atomic mass is 10.2. The van der Waals surface area contributed by atoms with Crippen LogP contribution < -0.4 is 0 Å². The van der Waals surface area contributed by atoms with Crippen LogP contribution in [-0.4, -0.2) is 24.8 Å². The van der Waals surface area contributed by atoms with Crippen LogP contribution in [0.3, 0.4) is 0 Å². The number of rotatable bonds is 2. The molecule has 0 saturated heterocycles. The number of fused-ring (bicyclic) bond motifs is 2. The lowest BCUT2D eigenvalue weighted by Gasteiger charge is -1.93. The van der Waals surface area contributed by atoms with Gasteiger partial charge in [0.2, 0.25) is 10.8 Å². The van der Waals surface area contributed by atoms with Gasteiger partial charge in [0.25, 0.3) is 0 Å². The number of furan rings is 1. The van der Waals surface area contributed by atoms with Crippen LogP contribution in [0, 0.1) is 0 Å². The van der Waals surface area contributed by atoms with Crippen LogP contribution in [0.5, 0.6) is 0 Å². The highest BCUT2D eigenvalue weighted by Crippen LogP contribution is 2.32. The minimum atomic E-state index is 0.613. The molecule has 0 aliphatic heterocycles. The van der Waals surface area contributed by atoms with Gasteiger partial charge in [0.05, 0.1) is 6.26 Å². The maximum atomic E-state index is 5.39. The van der Waals surface area contributed by atoms with E-state index in [9.17, 15) is 0 Å². The van der Waals surface area contributed by atoms with Crippen molar-refractivity contribution in [2.75, 3.05) is 0 Å². The minimum Gasteiger partial charge on any atom is -0.461 e. The molecule has 0 unspecified atom stereocenters. The highest BCUT2D eigenvalue weighted by molar-refractivity contribution is 7.19. The van der Waals surface area contributed by atoms with Crippen LogP contribution in [-0.2, 0) is 0 Å². The second kappa shape index (κ2) is 4.28. The van der Waals surface area contributed by atoms with Crippen LogP contribution in [0.25, 0.3) is 38.0 Å². The van der Waals surface area contributed by atoms with Crippen molar-refractivity contribution in [3.05, 3.63) is 48.9 Å². The number of hydrogen-bond donors (Lipinski definition) is 1. The molecule has 0 fully saturated rings. The second-order valence-corrected chi connectivity index (χ2v) is 5.81. The van der Waals surface area contributed by atoms with Gasteiger partial charge >= 0.3 is 0 Å². The molecule has 0 atom stereocenters. The van der Waals surface area contributed by atoms with E-state index in [0.717, 1.165) is 26.4 Å². The molecule has 0 bridgehead atoms. The summed E-state index contributed by atoms with van der Waals surface area (Å²) in [4.78, 5) is 4.01. The molecule has 106 valence electrons. The molecule has 0 saturated carbocycles. The number of para-hydroxylation sites is 1. The SMILES string of the molecule is c1coc(-c2nnc3sc(-c4c[nH]c5ccccc45)nn23)c1. The molecule has 4 aromatic heterocycles. The monoisotopic (exact) mass is 307 g/mol. The van der Waals surface area contributed by atoms with Gasteiger partial charge in [-0.15, -0.1) is 10.2 Å². The molecule has 0 radical (unpaired) electrons. The van der Waals surface area contributed by atoms with Crippen LogP contribution in [0.2, 0.25) is 0 Å². The van der Waals surface area contributed by atoms with E-state index in [1.54, 1.807) is 10.8 Å². The standard InChI is InChI=1S/C15H9N5OS/c1-2-5-11-9(4-1)10(8-16-11)14-19-20-13(12-6-3-7-21-12)17-18-15(20)22-14/h1-8,16H. The number of benzene rings is 1. The molecule has 5 aromatic rings. The molecule has 0 aliphatic carbocycles. The third-order valence-corrected chi connectivity index (χ3v) is 4.48. The molecule has 7 heteroatoms. The lowest BCUT2D eigenvalue weighted by molar-refractivity contribution is 0.575. The summed E-state index contributed by atoms with van der Waals surface area (Å²) >= 11 is 1.50. The van der Waals surface area contributed by atoms with Crippen molar-refractivity contribution >= 4 is 27.2 Å². The average molecular weight is 307 g/mol. The van der Waals surface area contributed by atoms with E-state index in [2.05, 4.69) is 26.3 Å². The fraction of sp³-hybridized carbons (Fsp3) is 0. The number of hydrogen-bond acceptors (Lipinski definition) is 5. The van der Waals surface area contributed by atoms with E-state index in [-0.39, 0.29) is 0 Å². The van der Waals surface area contributed by atoms with Gasteiger partial charge in [0.1, 0.15) is 5.01 Å². The maximum Gasteiger partial charge on any atom is 0.235 e. The molecule has 6 nitrogen and oxygen atoms in total. The number of nitrogens with one attached hydrogen (secondary N) is 1. The summed E-state index contributed by atoms with van der Waals surface area (Å²) in [5, 5.41) is 15.0. The van der Waals surface area contributed by atoms with Gasteiger partial charge in [0.15, 0.2) is 5.76 Å². The summed E-state index contributed by atoms with van der Waals surface area (Å²) < 4.78 is 7.11. The zero-order chi connectivity index (χ0) is 14.5. The van der Waals surface area contributed by atoms with Crippen molar-refractivity contribution in [2.45, 2.75) is 0 Å². The second-order valence-electron chi connectivity index (χ2n) is 4.85. The van der Waals surface area contributed by atoms with E-state index in [0.29, 0.717) is 11.6 Å².